The predicted molar refractivity (Wildman–Crippen MR) is 100 cm³/mol. The van der Waals surface area contributed by atoms with E-state index in [0.717, 1.165) is 0 Å². The number of carboxylic acid groups (broad SMARTS) is 1. The number of nitrogens with zero attached hydrogens (tertiary/aromatic N) is 1. The lowest BCUT2D eigenvalue weighted by Gasteiger charge is -2.17. The zero-order valence-electron chi connectivity index (χ0n) is 15.7. The highest BCUT2D eigenvalue weighted by Crippen LogP contribution is 2.13. The monoisotopic (exact) mass is 378 g/mol. The molecule has 1 aromatic carbocycles. The van der Waals surface area contributed by atoms with Crippen LogP contribution >= 0.6 is 0 Å². The predicted octanol–water partition coefficient (Wildman–Crippen LogP) is 1.11. The minimum atomic E-state index is -0.964. The average molecular weight is 378 g/mol. The third-order valence-corrected chi connectivity index (χ3v) is 3.72. The molecule has 9 heteroatoms. The van der Waals surface area contributed by atoms with Gasteiger partial charge in [-0.25, -0.2) is 4.79 Å². The van der Waals surface area contributed by atoms with E-state index < -0.39 is 29.7 Å². The first-order valence-electron chi connectivity index (χ1n) is 8.51. The van der Waals surface area contributed by atoms with Crippen LogP contribution in [0.5, 0.6) is 0 Å². The summed E-state index contributed by atoms with van der Waals surface area (Å²) in [5.41, 5.74) is 5.71. The Balaban J connectivity index is 2.68. The summed E-state index contributed by atoms with van der Waals surface area (Å²) in [6, 6.07) is 5.61. The van der Waals surface area contributed by atoms with Crippen molar-refractivity contribution in [2.45, 2.75) is 20.3 Å². The number of benzene rings is 1. The normalized spacial score (nSPS) is 11.6. The van der Waals surface area contributed by atoms with Gasteiger partial charge in [-0.15, -0.1) is 0 Å². The number of nitrogens with one attached hydrogen (secondary N) is 2. The number of aliphatic carboxylic acids is 1. The van der Waals surface area contributed by atoms with Crippen LogP contribution in [0, 0.1) is 11.8 Å². The number of nitrogens with two attached hydrogens (primary N) is 1. The molecule has 1 atom stereocenters. The van der Waals surface area contributed by atoms with Crippen molar-refractivity contribution in [2.24, 2.45) is 17.6 Å². The summed E-state index contributed by atoms with van der Waals surface area (Å²) in [5, 5.41) is 14.3. The van der Waals surface area contributed by atoms with Gasteiger partial charge in [-0.05, 0) is 30.5 Å². The SMILES string of the molecule is CC(C)CC(CNC(=O)Nc1cccc(C(=O)N(C)CC(N)=O)c1)C(=O)O. The lowest BCUT2D eigenvalue weighted by atomic mass is 9.97. The van der Waals surface area contributed by atoms with Crippen molar-refractivity contribution >= 4 is 29.5 Å². The lowest BCUT2D eigenvalue weighted by Crippen LogP contribution is -2.36. The second kappa shape index (κ2) is 10.1. The van der Waals surface area contributed by atoms with Crippen LogP contribution in [0.2, 0.25) is 0 Å². The molecule has 1 aromatic rings. The fourth-order valence-corrected chi connectivity index (χ4v) is 2.49. The Morgan fingerprint density at radius 2 is 1.89 bits per heavy atom. The maximum Gasteiger partial charge on any atom is 0.319 e. The molecule has 1 rings (SSSR count). The van der Waals surface area contributed by atoms with Gasteiger partial charge < -0.3 is 26.4 Å². The number of primary amides is 1. The van der Waals surface area contributed by atoms with Crippen LogP contribution in [0.3, 0.4) is 0 Å². The highest BCUT2D eigenvalue weighted by atomic mass is 16.4. The van der Waals surface area contributed by atoms with Crippen molar-refractivity contribution in [2.75, 3.05) is 25.5 Å². The minimum Gasteiger partial charge on any atom is -0.481 e. The first kappa shape index (κ1) is 21.9. The molecule has 4 amide bonds. The molecule has 0 saturated carbocycles. The number of carbonyl (C=O) groups excluding carboxylic acids is 3. The van der Waals surface area contributed by atoms with E-state index in [0.29, 0.717) is 12.1 Å². The Labute approximate surface area is 157 Å². The Morgan fingerprint density at radius 3 is 2.44 bits per heavy atom. The van der Waals surface area contributed by atoms with Crippen LogP contribution in [0.15, 0.2) is 24.3 Å². The molecule has 0 aliphatic carbocycles. The van der Waals surface area contributed by atoms with Gasteiger partial charge in [-0.3, -0.25) is 14.4 Å². The van der Waals surface area contributed by atoms with E-state index in [1.165, 1.54) is 18.0 Å². The van der Waals surface area contributed by atoms with Gasteiger partial charge in [0.05, 0.1) is 12.5 Å². The maximum absolute atomic E-state index is 12.2. The van der Waals surface area contributed by atoms with Crippen LogP contribution in [0.25, 0.3) is 0 Å². The van der Waals surface area contributed by atoms with Crippen LogP contribution in [-0.2, 0) is 9.59 Å². The number of hydrogen-bond donors (Lipinski definition) is 4. The van der Waals surface area contributed by atoms with E-state index in [2.05, 4.69) is 10.6 Å². The Bertz CT molecular complexity index is 705. The van der Waals surface area contributed by atoms with E-state index in [1.807, 2.05) is 13.8 Å². The fourth-order valence-electron chi connectivity index (χ4n) is 2.49. The molecule has 0 aliphatic rings. The summed E-state index contributed by atoms with van der Waals surface area (Å²) in [6.07, 6.45) is 0.450. The van der Waals surface area contributed by atoms with Gasteiger partial charge >= 0.3 is 12.0 Å². The third kappa shape index (κ3) is 7.76. The topological polar surface area (TPSA) is 142 Å². The molecule has 0 bridgehead atoms. The molecule has 27 heavy (non-hydrogen) atoms. The number of amides is 4. The van der Waals surface area contributed by atoms with Crippen molar-refractivity contribution in [1.82, 2.24) is 10.2 Å². The van der Waals surface area contributed by atoms with Gasteiger partial charge in [0.25, 0.3) is 5.91 Å². The van der Waals surface area contributed by atoms with E-state index >= 15 is 0 Å². The molecule has 0 aliphatic heterocycles. The molecule has 0 heterocycles. The smallest absolute Gasteiger partial charge is 0.319 e. The number of urea groups is 1. The van der Waals surface area contributed by atoms with Gasteiger partial charge in [0.1, 0.15) is 0 Å². The molecule has 148 valence electrons. The third-order valence-electron chi connectivity index (χ3n) is 3.72. The van der Waals surface area contributed by atoms with Gasteiger partial charge in [0, 0.05) is 24.8 Å². The minimum absolute atomic E-state index is 0.000677. The van der Waals surface area contributed by atoms with Crippen molar-refractivity contribution in [3.8, 4) is 0 Å². The van der Waals surface area contributed by atoms with Crippen molar-refractivity contribution in [3.05, 3.63) is 29.8 Å². The number of hydrogen-bond acceptors (Lipinski definition) is 4. The standard InChI is InChI=1S/C18H26N4O5/c1-11(2)7-13(17(25)26)9-20-18(27)21-14-6-4-5-12(8-14)16(24)22(3)10-15(19)23/h4-6,8,11,13H,7,9-10H2,1-3H3,(H2,19,23)(H,25,26)(H2,20,21,27). The molecule has 0 aromatic heterocycles. The molecule has 0 saturated heterocycles. The van der Waals surface area contributed by atoms with Gasteiger partial charge in [0.15, 0.2) is 0 Å². The van der Waals surface area contributed by atoms with E-state index in [9.17, 15) is 24.3 Å². The zero-order valence-corrected chi connectivity index (χ0v) is 15.7. The average Bonchev–Trinajstić information content (AvgIpc) is 2.57. The molecule has 5 N–H and O–H groups in total. The summed E-state index contributed by atoms with van der Waals surface area (Å²) in [4.78, 5) is 47.6. The summed E-state index contributed by atoms with van der Waals surface area (Å²) < 4.78 is 0. The summed E-state index contributed by atoms with van der Waals surface area (Å²) >= 11 is 0. The summed E-state index contributed by atoms with van der Waals surface area (Å²) in [5.74, 6) is -2.49. The molecule has 9 nitrogen and oxygen atoms in total. The van der Waals surface area contributed by atoms with Crippen LogP contribution < -0.4 is 16.4 Å². The van der Waals surface area contributed by atoms with Crippen LogP contribution in [0.4, 0.5) is 10.5 Å². The highest BCUT2D eigenvalue weighted by molar-refractivity contribution is 5.98. The molecular formula is C18H26N4O5. The number of carbonyl (C=O) groups is 4. The first-order valence-corrected chi connectivity index (χ1v) is 8.51. The first-order chi connectivity index (χ1) is 12.6. The second-order valence-corrected chi connectivity index (χ2v) is 6.71. The van der Waals surface area contributed by atoms with Crippen molar-refractivity contribution in [3.63, 3.8) is 0 Å². The zero-order chi connectivity index (χ0) is 20.6. The molecule has 0 spiro atoms. The number of rotatable bonds is 9. The van der Waals surface area contributed by atoms with E-state index in [1.54, 1.807) is 18.2 Å². The van der Waals surface area contributed by atoms with Gasteiger partial charge in [-0.1, -0.05) is 19.9 Å². The Hall–Kier alpha value is -3.10. The summed E-state index contributed by atoms with van der Waals surface area (Å²) in [7, 11) is 1.45. The van der Waals surface area contributed by atoms with Crippen molar-refractivity contribution < 1.29 is 24.3 Å². The molecule has 1 unspecified atom stereocenters. The van der Waals surface area contributed by atoms with Gasteiger partial charge in [0.2, 0.25) is 5.91 Å². The van der Waals surface area contributed by atoms with Crippen LogP contribution in [-0.4, -0.2) is 54.0 Å². The van der Waals surface area contributed by atoms with E-state index in [4.69, 9.17) is 5.73 Å². The summed E-state index contributed by atoms with van der Waals surface area (Å²) in [6.45, 7) is 3.60. The van der Waals surface area contributed by atoms with E-state index in [-0.39, 0.29) is 24.6 Å². The van der Waals surface area contributed by atoms with Crippen LogP contribution in [0.1, 0.15) is 30.6 Å². The molecule has 0 fully saturated rings. The number of anilines is 1. The van der Waals surface area contributed by atoms with Crippen molar-refractivity contribution in [1.29, 1.82) is 0 Å². The lowest BCUT2D eigenvalue weighted by molar-refractivity contribution is -0.142. The second-order valence-electron chi connectivity index (χ2n) is 6.71. The highest BCUT2D eigenvalue weighted by Gasteiger charge is 2.20. The number of likely N-dealkylation sites (N-methyl/N-ethyl adjacent to an activating group) is 1. The Morgan fingerprint density at radius 1 is 1.22 bits per heavy atom. The molecule has 0 radical (unpaired) electrons. The van der Waals surface area contributed by atoms with Gasteiger partial charge in [-0.2, -0.15) is 0 Å². The maximum atomic E-state index is 12.2. The largest absolute Gasteiger partial charge is 0.481 e. The fraction of sp³-hybridized carbons (Fsp3) is 0.444. The quantitative estimate of drug-likeness (QED) is 0.509. The number of carboxylic acids is 1. The molecular weight excluding hydrogens is 352 g/mol. The Kier molecular flexibility index (Phi) is 8.25.